The summed E-state index contributed by atoms with van der Waals surface area (Å²) in [6.45, 7) is 7.08. The highest BCUT2D eigenvalue weighted by molar-refractivity contribution is 6.07. The van der Waals surface area contributed by atoms with E-state index in [9.17, 15) is 14.4 Å². The van der Waals surface area contributed by atoms with Gasteiger partial charge in [-0.15, -0.1) is 0 Å². The molecular formula is C22H29N5O5. The van der Waals surface area contributed by atoms with E-state index in [1.165, 1.54) is 4.90 Å². The van der Waals surface area contributed by atoms with Crippen LogP contribution in [0.3, 0.4) is 0 Å². The number of nitrogens with zero attached hydrogens (tertiary/aromatic N) is 4. The SMILES string of the molecule is COc1c(N2CCC(=O)NC2=O)cnc2c1ccn2C1CCN(C(=O)OC(C)(C)C)CC1. The van der Waals surface area contributed by atoms with Crippen LogP contribution in [0.1, 0.15) is 46.1 Å². The number of fused-ring (bicyclic) bond motifs is 1. The average Bonchev–Trinajstić information content (AvgIpc) is 3.16. The van der Waals surface area contributed by atoms with E-state index >= 15 is 0 Å². The van der Waals surface area contributed by atoms with Gasteiger partial charge in [0.15, 0.2) is 5.75 Å². The van der Waals surface area contributed by atoms with Gasteiger partial charge in [-0.05, 0) is 39.7 Å². The van der Waals surface area contributed by atoms with Crippen LogP contribution in [-0.2, 0) is 9.53 Å². The summed E-state index contributed by atoms with van der Waals surface area (Å²) in [5.41, 5.74) is 0.777. The third-order valence-electron chi connectivity index (χ3n) is 5.73. The van der Waals surface area contributed by atoms with E-state index in [0.29, 0.717) is 24.5 Å². The topological polar surface area (TPSA) is 106 Å². The first-order chi connectivity index (χ1) is 15.2. The highest BCUT2D eigenvalue weighted by Crippen LogP contribution is 2.38. The maximum atomic E-state index is 12.3. The molecule has 2 aliphatic rings. The normalized spacial score (nSPS) is 18.1. The number of hydrogen-bond acceptors (Lipinski definition) is 6. The van der Waals surface area contributed by atoms with Gasteiger partial charge in [0.05, 0.1) is 18.7 Å². The van der Waals surface area contributed by atoms with Gasteiger partial charge < -0.3 is 18.9 Å². The molecule has 0 atom stereocenters. The Balaban J connectivity index is 1.54. The van der Waals surface area contributed by atoms with Crippen LogP contribution >= 0.6 is 0 Å². The number of amides is 4. The molecule has 4 rings (SSSR count). The standard InChI is InChI=1S/C22H29N5O5/c1-22(2,3)32-21(30)25-9-5-14(6-10-25)26-11-7-15-18(31-4)16(13-23-19(15)26)27-12-8-17(28)24-20(27)29/h7,11,13-14H,5-6,8-10,12H2,1-4H3,(H,24,28,29). The van der Waals surface area contributed by atoms with Crippen LogP contribution in [0.15, 0.2) is 18.5 Å². The molecule has 2 aromatic heterocycles. The van der Waals surface area contributed by atoms with E-state index < -0.39 is 11.6 Å². The molecule has 4 heterocycles. The molecule has 0 radical (unpaired) electrons. The Hall–Kier alpha value is -3.30. The molecular weight excluding hydrogens is 414 g/mol. The molecule has 10 heteroatoms. The number of ether oxygens (including phenoxy) is 2. The molecule has 2 fully saturated rings. The second kappa shape index (κ2) is 8.33. The minimum absolute atomic E-state index is 0.185. The van der Waals surface area contributed by atoms with Crippen molar-refractivity contribution in [2.45, 2.75) is 51.7 Å². The molecule has 0 aromatic carbocycles. The lowest BCUT2D eigenvalue weighted by molar-refractivity contribution is -0.120. The lowest BCUT2D eigenvalue weighted by atomic mass is 10.1. The molecule has 4 amide bonds. The van der Waals surface area contributed by atoms with Gasteiger partial charge in [-0.2, -0.15) is 0 Å². The molecule has 2 aliphatic heterocycles. The molecule has 0 aliphatic carbocycles. The maximum Gasteiger partial charge on any atom is 0.410 e. The van der Waals surface area contributed by atoms with Crippen LogP contribution in [0.4, 0.5) is 15.3 Å². The average molecular weight is 444 g/mol. The van der Waals surface area contributed by atoms with Gasteiger partial charge in [-0.3, -0.25) is 15.0 Å². The lowest BCUT2D eigenvalue weighted by Crippen LogP contribution is -2.49. The van der Waals surface area contributed by atoms with Crippen molar-refractivity contribution in [3.8, 4) is 5.75 Å². The Kier molecular flexibility index (Phi) is 5.70. The van der Waals surface area contributed by atoms with E-state index in [4.69, 9.17) is 9.47 Å². The number of nitrogens with one attached hydrogen (secondary N) is 1. The number of hydrogen-bond donors (Lipinski definition) is 1. The van der Waals surface area contributed by atoms with Crippen LogP contribution in [0, 0.1) is 0 Å². The first-order valence-corrected chi connectivity index (χ1v) is 10.8. The third kappa shape index (κ3) is 4.21. The Labute approximate surface area is 186 Å². The summed E-state index contributed by atoms with van der Waals surface area (Å²) in [6.07, 6.45) is 5.09. The van der Waals surface area contributed by atoms with Gasteiger partial charge in [0.1, 0.15) is 16.9 Å². The quantitative estimate of drug-likeness (QED) is 0.782. The smallest absolute Gasteiger partial charge is 0.410 e. The van der Waals surface area contributed by atoms with Crippen molar-refractivity contribution in [3.05, 3.63) is 18.5 Å². The van der Waals surface area contributed by atoms with Crippen molar-refractivity contribution in [2.75, 3.05) is 31.6 Å². The summed E-state index contributed by atoms with van der Waals surface area (Å²) in [5.74, 6) is 0.257. The Morgan fingerprint density at radius 1 is 1.19 bits per heavy atom. The molecule has 0 spiro atoms. The summed E-state index contributed by atoms with van der Waals surface area (Å²) in [5, 5.41) is 3.12. The van der Waals surface area contributed by atoms with Gasteiger partial charge in [0.2, 0.25) is 5.91 Å². The van der Waals surface area contributed by atoms with Crippen LogP contribution in [-0.4, -0.2) is 64.8 Å². The number of imide groups is 1. The lowest BCUT2D eigenvalue weighted by Gasteiger charge is -2.34. The van der Waals surface area contributed by atoms with Gasteiger partial charge in [-0.1, -0.05) is 0 Å². The second-order valence-corrected chi connectivity index (χ2v) is 9.09. The Bertz CT molecular complexity index is 1050. The van der Waals surface area contributed by atoms with E-state index in [1.807, 2.05) is 33.0 Å². The molecule has 10 nitrogen and oxygen atoms in total. The molecule has 0 bridgehead atoms. The third-order valence-corrected chi connectivity index (χ3v) is 5.73. The monoisotopic (exact) mass is 443 g/mol. The van der Waals surface area contributed by atoms with E-state index in [1.54, 1.807) is 18.2 Å². The summed E-state index contributed by atoms with van der Waals surface area (Å²) in [4.78, 5) is 44.0. The van der Waals surface area contributed by atoms with Crippen molar-refractivity contribution in [1.29, 1.82) is 0 Å². The van der Waals surface area contributed by atoms with E-state index in [-0.39, 0.29) is 31.0 Å². The van der Waals surface area contributed by atoms with Gasteiger partial charge in [0.25, 0.3) is 0 Å². The fraction of sp³-hybridized carbons (Fsp3) is 0.545. The zero-order valence-electron chi connectivity index (χ0n) is 18.9. The number of pyridine rings is 1. The first-order valence-electron chi connectivity index (χ1n) is 10.8. The number of carbonyl (C=O) groups excluding carboxylic acids is 3. The van der Waals surface area contributed by atoms with Gasteiger partial charge in [-0.25, -0.2) is 14.6 Å². The largest absolute Gasteiger partial charge is 0.494 e. The maximum absolute atomic E-state index is 12.3. The van der Waals surface area contributed by atoms with Crippen molar-refractivity contribution >= 4 is 34.8 Å². The number of aromatic nitrogens is 2. The Morgan fingerprint density at radius 2 is 1.91 bits per heavy atom. The van der Waals surface area contributed by atoms with E-state index in [2.05, 4.69) is 14.9 Å². The summed E-state index contributed by atoms with van der Waals surface area (Å²) in [7, 11) is 1.56. The number of urea groups is 1. The second-order valence-electron chi connectivity index (χ2n) is 9.09. The van der Waals surface area contributed by atoms with Crippen molar-refractivity contribution in [2.24, 2.45) is 0 Å². The number of rotatable bonds is 3. The number of piperidine rings is 1. The zero-order chi connectivity index (χ0) is 23.0. The van der Waals surface area contributed by atoms with Gasteiger partial charge in [0, 0.05) is 38.3 Å². The fourth-order valence-corrected chi connectivity index (χ4v) is 4.22. The summed E-state index contributed by atoms with van der Waals surface area (Å²) in [6, 6.07) is 1.64. The van der Waals surface area contributed by atoms with Crippen molar-refractivity contribution < 1.29 is 23.9 Å². The zero-order valence-corrected chi connectivity index (χ0v) is 18.9. The first kappa shape index (κ1) is 21.9. The van der Waals surface area contributed by atoms with E-state index in [0.717, 1.165) is 23.9 Å². The number of likely N-dealkylation sites (tertiary alicyclic amines) is 1. The highest BCUT2D eigenvalue weighted by Gasteiger charge is 2.30. The molecule has 1 N–H and O–H groups in total. The van der Waals surface area contributed by atoms with Crippen molar-refractivity contribution in [1.82, 2.24) is 19.8 Å². The minimum Gasteiger partial charge on any atom is -0.494 e. The van der Waals surface area contributed by atoms with Crippen LogP contribution < -0.4 is 15.0 Å². The molecule has 172 valence electrons. The minimum atomic E-state index is -0.513. The van der Waals surface area contributed by atoms with Gasteiger partial charge >= 0.3 is 12.1 Å². The molecule has 2 aromatic rings. The number of carbonyl (C=O) groups is 3. The fourth-order valence-electron chi connectivity index (χ4n) is 4.22. The number of anilines is 1. The van der Waals surface area contributed by atoms with Crippen LogP contribution in [0.25, 0.3) is 11.0 Å². The summed E-state index contributed by atoms with van der Waals surface area (Å²) < 4.78 is 13.2. The van der Waals surface area contributed by atoms with Crippen LogP contribution in [0.2, 0.25) is 0 Å². The Morgan fingerprint density at radius 3 is 2.53 bits per heavy atom. The highest BCUT2D eigenvalue weighted by atomic mass is 16.6. The molecule has 2 saturated heterocycles. The predicted molar refractivity (Wildman–Crippen MR) is 118 cm³/mol. The predicted octanol–water partition coefficient (Wildman–Crippen LogP) is 3.06. The van der Waals surface area contributed by atoms with Crippen LogP contribution in [0.5, 0.6) is 5.75 Å². The molecule has 32 heavy (non-hydrogen) atoms. The molecule has 0 saturated carbocycles. The molecule has 0 unspecified atom stereocenters. The number of methoxy groups -OCH3 is 1. The summed E-state index contributed by atoms with van der Waals surface area (Å²) >= 11 is 0. The van der Waals surface area contributed by atoms with Crippen molar-refractivity contribution in [3.63, 3.8) is 0 Å².